The summed E-state index contributed by atoms with van der Waals surface area (Å²) >= 11 is 0. The van der Waals surface area contributed by atoms with E-state index in [4.69, 9.17) is 14.0 Å². The summed E-state index contributed by atoms with van der Waals surface area (Å²) in [6, 6.07) is 0.563. The van der Waals surface area contributed by atoms with Crippen LogP contribution in [0.1, 0.15) is 56.8 Å². The second-order valence-corrected chi connectivity index (χ2v) is 6.97. The summed E-state index contributed by atoms with van der Waals surface area (Å²) in [5, 5.41) is 7.75. The van der Waals surface area contributed by atoms with Crippen LogP contribution in [0.3, 0.4) is 0 Å². The van der Waals surface area contributed by atoms with Crippen LogP contribution in [0.15, 0.2) is 4.52 Å². The van der Waals surface area contributed by atoms with Gasteiger partial charge in [-0.2, -0.15) is 4.98 Å². The number of aromatic nitrogens is 2. The normalized spacial score (nSPS) is 23.7. The minimum atomic E-state index is 0.134. The zero-order valence-electron chi connectivity index (χ0n) is 14.3. The van der Waals surface area contributed by atoms with E-state index in [0.29, 0.717) is 17.8 Å². The van der Waals surface area contributed by atoms with Crippen molar-refractivity contribution in [2.45, 2.75) is 58.0 Å². The van der Waals surface area contributed by atoms with Crippen molar-refractivity contribution in [3.8, 4) is 0 Å². The van der Waals surface area contributed by atoms with Gasteiger partial charge >= 0.3 is 0 Å². The van der Waals surface area contributed by atoms with E-state index in [1.165, 1.54) is 19.3 Å². The molecule has 2 atom stereocenters. The minimum Gasteiger partial charge on any atom is -0.381 e. The first kappa shape index (κ1) is 16.9. The highest BCUT2D eigenvalue weighted by atomic mass is 16.5. The van der Waals surface area contributed by atoms with Crippen LogP contribution in [0.25, 0.3) is 0 Å². The molecule has 1 aromatic heterocycles. The molecule has 0 radical (unpaired) electrons. The highest BCUT2D eigenvalue weighted by Gasteiger charge is 2.31. The van der Waals surface area contributed by atoms with Gasteiger partial charge in [0.05, 0.1) is 6.04 Å². The predicted octanol–water partition coefficient (Wildman–Crippen LogP) is 2.64. The van der Waals surface area contributed by atoms with Gasteiger partial charge in [0.25, 0.3) is 0 Å². The first-order valence-corrected chi connectivity index (χ1v) is 8.94. The van der Waals surface area contributed by atoms with Crippen molar-refractivity contribution >= 4 is 0 Å². The molecule has 0 aromatic carbocycles. The Bertz CT molecular complexity index is 467. The number of hydrogen-bond donors (Lipinski definition) is 1. The molecule has 0 aliphatic carbocycles. The average molecular weight is 323 g/mol. The maximum atomic E-state index is 5.51. The molecular formula is C17H29N3O3. The van der Waals surface area contributed by atoms with Crippen molar-refractivity contribution in [3.63, 3.8) is 0 Å². The van der Waals surface area contributed by atoms with Crippen molar-refractivity contribution in [1.29, 1.82) is 0 Å². The molecule has 0 unspecified atom stereocenters. The van der Waals surface area contributed by atoms with E-state index in [1.54, 1.807) is 0 Å². The van der Waals surface area contributed by atoms with Gasteiger partial charge in [0.1, 0.15) is 0 Å². The van der Waals surface area contributed by atoms with Crippen LogP contribution in [0.5, 0.6) is 0 Å². The molecule has 1 N–H and O–H groups in total. The van der Waals surface area contributed by atoms with Gasteiger partial charge in [0.2, 0.25) is 5.89 Å². The first-order valence-electron chi connectivity index (χ1n) is 8.94. The van der Waals surface area contributed by atoms with E-state index in [9.17, 15) is 0 Å². The van der Waals surface area contributed by atoms with Crippen LogP contribution in [-0.4, -0.2) is 42.6 Å². The van der Waals surface area contributed by atoms with Crippen molar-refractivity contribution in [3.05, 3.63) is 11.7 Å². The zero-order valence-corrected chi connectivity index (χ0v) is 14.3. The molecule has 3 rings (SSSR count). The van der Waals surface area contributed by atoms with Crippen LogP contribution >= 0.6 is 0 Å². The lowest BCUT2D eigenvalue weighted by molar-refractivity contribution is 0.0429. The Morgan fingerprint density at radius 1 is 1.09 bits per heavy atom. The molecule has 1 aromatic rings. The second-order valence-electron chi connectivity index (χ2n) is 6.97. The standard InChI is InChI=1S/C17H29N3O3/c1-12(11-14-3-7-21-8-4-14)18-16(15-5-9-22-10-6-15)17-19-13(2)20-23-17/h12,14-16,18H,3-11H2,1-2H3/t12-,16-/m1/s1. The molecule has 23 heavy (non-hydrogen) atoms. The summed E-state index contributed by atoms with van der Waals surface area (Å²) in [6.07, 6.45) is 5.61. The quantitative estimate of drug-likeness (QED) is 0.868. The Morgan fingerprint density at radius 2 is 1.74 bits per heavy atom. The summed E-state index contributed by atoms with van der Waals surface area (Å²) < 4.78 is 16.5. The lowest BCUT2D eigenvalue weighted by Crippen LogP contribution is -2.39. The predicted molar refractivity (Wildman–Crippen MR) is 86.1 cm³/mol. The Morgan fingerprint density at radius 3 is 2.35 bits per heavy atom. The summed E-state index contributed by atoms with van der Waals surface area (Å²) in [6.45, 7) is 7.60. The topological polar surface area (TPSA) is 69.4 Å². The van der Waals surface area contributed by atoms with E-state index in [-0.39, 0.29) is 6.04 Å². The minimum absolute atomic E-state index is 0.134. The molecule has 0 amide bonds. The molecule has 2 saturated heterocycles. The van der Waals surface area contributed by atoms with Crippen molar-refractivity contribution in [1.82, 2.24) is 15.5 Å². The first-order chi connectivity index (χ1) is 11.2. The summed E-state index contributed by atoms with van der Waals surface area (Å²) in [7, 11) is 0. The second kappa shape index (κ2) is 8.22. The van der Waals surface area contributed by atoms with Gasteiger partial charge in [-0.05, 0) is 57.8 Å². The fourth-order valence-electron chi connectivity index (χ4n) is 3.75. The van der Waals surface area contributed by atoms with Crippen molar-refractivity contribution in [2.24, 2.45) is 11.8 Å². The molecule has 6 heteroatoms. The number of rotatable bonds is 6. The molecule has 6 nitrogen and oxygen atoms in total. The summed E-state index contributed by atoms with van der Waals surface area (Å²) in [5.74, 6) is 2.69. The lowest BCUT2D eigenvalue weighted by atomic mass is 9.89. The number of ether oxygens (including phenoxy) is 2. The molecule has 0 spiro atoms. The molecule has 0 bridgehead atoms. The van der Waals surface area contributed by atoms with E-state index < -0.39 is 0 Å². The van der Waals surface area contributed by atoms with Crippen LogP contribution in [0.4, 0.5) is 0 Å². The van der Waals surface area contributed by atoms with Crippen molar-refractivity contribution < 1.29 is 14.0 Å². The number of nitrogens with one attached hydrogen (secondary N) is 1. The van der Waals surface area contributed by atoms with Crippen LogP contribution in [-0.2, 0) is 9.47 Å². The molecule has 2 aliphatic heterocycles. The molecule has 0 saturated carbocycles. The molecule has 3 heterocycles. The third-order valence-corrected chi connectivity index (χ3v) is 5.04. The van der Waals surface area contributed by atoms with Gasteiger partial charge in [0, 0.05) is 32.5 Å². The summed E-state index contributed by atoms with van der Waals surface area (Å²) in [4.78, 5) is 4.48. The molecule has 130 valence electrons. The Hall–Kier alpha value is -0.980. The summed E-state index contributed by atoms with van der Waals surface area (Å²) in [5.41, 5.74) is 0. The average Bonchev–Trinajstić information content (AvgIpc) is 3.00. The monoisotopic (exact) mass is 323 g/mol. The van der Waals surface area contributed by atoms with Gasteiger partial charge in [0.15, 0.2) is 5.82 Å². The maximum absolute atomic E-state index is 5.51. The number of aryl methyl sites for hydroxylation is 1. The van der Waals surface area contributed by atoms with Gasteiger partial charge in [-0.25, -0.2) is 0 Å². The molecule has 2 aliphatic rings. The van der Waals surface area contributed by atoms with E-state index >= 15 is 0 Å². The maximum Gasteiger partial charge on any atom is 0.244 e. The number of nitrogens with zero attached hydrogens (tertiary/aromatic N) is 2. The zero-order chi connectivity index (χ0) is 16.1. The van der Waals surface area contributed by atoms with E-state index in [1.807, 2.05) is 6.92 Å². The van der Waals surface area contributed by atoms with Gasteiger partial charge in [-0.3, -0.25) is 0 Å². The van der Waals surface area contributed by atoms with Gasteiger partial charge in [-0.15, -0.1) is 0 Å². The van der Waals surface area contributed by atoms with E-state index in [0.717, 1.165) is 51.1 Å². The van der Waals surface area contributed by atoms with Crippen LogP contribution in [0, 0.1) is 18.8 Å². The lowest BCUT2D eigenvalue weighted by Gasteiger charge is -2.32. The Kier molecular flexibility index (Phi) is 6.02. The largest absolute Gasteiger partial charge is 0.381 e. The van der Waals surface area contributed by atoms with Crippen LogP contribution in [0.2, 0.25) is 0 Å². The number of hydrogen-bond acceptors (Lipinski definition) is 6. The third kappa shape index (κ3) is 4.75. The highest BCUT2D eigenvalue weighted by Crippen LogP contribution is 2.31. The third-order valence-electron chi connectivity index (χ3n) is 5.04. The Balaban J connectivity index is 1.62. The van der Waals surface area contributed by atoms with E-state index in [2.05, 4.69) is 22.4 Å². The molecular weight excluding hydrogens is 294 g/mol. The molecule has 2 fully saturated rings. The smallest absolute Gasteiger partial charge is 0.244 e. The van der Waals surface area contributed by atoms with Crippen LogP contribution < -0.4 is 5.32 Å². The van der Waals surface area contributed by atoms with Gasteiger partial charge < -0.3 is 19.3 Å². The van der Waals surface area contributed by atoms with Crippen molar-refractivity contribution in [2.75, 3.05) is 26.4 Å². The fraction of sp³-hybridized carbons (Fsp3) is 0.882. The SMILES string of the molecule is Cc1noc([C@H](N[C@H](C)CC2CCOCC2)C2CCOCC2)n1. The highest BCUT2D eigenvalue weighted by molar-refractivity contribution is 4.96. The Labute approximate surface area is 138 Å². The van der Waals surface area contributed by atoms with Gasteiger partial charge in [-0.1, -0.05) is 5.16 Å². The fourth-order valence-corrected chi connectivity index (χ4v) is 3.75.